The van der Waals surface area contributed by atoms with E-state index < -0.39 is 0 Å². The van der Waals surface area contributed by atoms with Gasteiger partial charge >= 0.3 is 5.63 Å². The van der Waals surface area contributed by atoms with Gasteiger partial charge in [-0.25, -0.2) is 4.79 Å². The zero-order valence-electron chi connectivity index (χ0n) is 15.4. The Labute approximate surface area is 152 Å². The molecule has 1 heterocycles. The number of hydrogen-bond acceptors (Lipinski definition) is 4. The third-order valence-electron chi connectivity index (χ3n) is 4.27. The highest BCUT2D eigenvalue weighted by molar-refractivity contribution is 5.81. The standard InChI is InChI=1S/C21H23NO4/c1-4-25-17-7-5-15(6-8-17)13-22(2)14-16-11-21(23)26-20-12-18(24-3)9-10-19(16)20/h5-12H,4,13-14H2,1-3H3/p+1. The largest absolute Gasteiger partial charge is 0.497 e. The Morgan fingerprint density at radius 1 is 1.00 bits per heavy atom. The van der Waals surface area contributed by atoms with Gasteiger partial charge in [0.25, 0.3) is 0 Å². The van der Waals surface area contributed by atoms with Gasteiger partial charge in [-0.3, -0.25) is 0 Å². The molecule has 1 atom stereocenters. The lowest BCUT2D eigenvalue weighted by Gasteiger charge is -2.15. The Morgan fingerprint density at radius 2 is 1.73 bits per heavy atom. The van der Waals surface area contributed by atoms with Gasteiger partial charge in [0.2, 0.25) is 0 Å². The highest BCUT2D eigenvalue weighted by atomic mass is 16.5. The summed E-state index contributed by atoms with van der Waals surface area (Å²) in [5, 5.41) is 0.941. The molecule has 0 fully saturated rings. The summed E-state index contributed by atoms with van der Waals surface area (Å²) < 4.78 is 16.0. The Bertz CT molecular complexity index is 931. The fourth-order valence-electron chi connectivity index (χ4n) is 3.09. The van der Waals surface area contributed by atoms with Gasteiger partial charge in [-0.2, -0.15) is 0 Å². The normalized spacial score (nSPS) is 12.1. The molecule has 0 aliphatic rings. The number of nitrogens with one attached hydrogen (secondary N) is 1. The van der Waals surface area contributed by atoms with Crippen LogP contribution in [0, 0.1) is 0 Å². The zero-order chi connectivity index (χ0) is 18.5. The Hall–Kier alpha value is -2.79. The minimum absolute atomic E-state index is 0.338. The van der Waals surface area contributed by atoms with E-state index >= 15 is 0 Å². The third kappa shape index (κ3) is 4.24. The van der Waals surface area contributed by atoms with E-state index in [1.165, 1.54) is 10.5 Å². The molecule has 0 saturated heterocycles. The van der Waals surface area contributed by atoms with Crippen molar-refractivity contribution in [1.29, 1.82) is 0 Å². The van der Waals surface area contributed by atoms with Crippen LogP contribution >= 0.6 is 0 Å². The molecule has 1 aromatic heterocycles. The summed E-state index contributed by atoms with van der Waals surface area (Å²) in [4.78, 5) is 13.2. The monoisotopic (exact) mass is 354 g/mol. The molecular formula is C21H24NO4+. The van der Waals surface area contributed by atoms with Gasteiger partial charge in [0.05, 0.1) is 20.8 Å². The van der Waals surface area contributed by atoms with Crippen LogP contribution < -0.4 is 20.0 Å². The van der Waals surface area contributed by atoms with Crippen LogP contribution in [0.1, 0.15) is 18.1 Å². The van der Waals surface area contributed by atoms with Crippen LogP contribution in [0.5, 0.6) is 11.5 Å². The summed E-state index contributed by atoms with van der Waals surface area (Å²) in [6, 6.07) is 15.3. The first-order valence-corrected chi connectivity index (χ1v) is 8.73. The van der Waals surface area contributed by atoms with Crippen molar-refractivity contribution in [1.82, 2.24) is 0 Å². The second kappa shape index (κ2) is 8.06. The highest BCUT2D eigenvalue weighted by Crippen LogP contribution is 2.22. The van der Waals surface area contributed by atoms with Gasteiger partial charge < -0.3 is 18.8 Å². The molecule has 3 aromatic rings. The molecule has 136 valence electrons. The molecule has 1 N–H and O–H groups in total. The summed E-state index contributed by atoms with van der Waals surface area (Å²) in [5.74, 6) is 1.56. The SMILES string of the molecule is CCOc1ccc(C[NH+](C)Cc2cc(=O)oc3cc(OC)ccc23)cc1. The Balaban J connectivity index is 1.78. The number of benzene rings is 2. The second-order valence-electron chi connectivity index (χ2n) is 6.34. The maximum absolute atomic E-state index is 11.9. The molecule has 0 amide bonds. The zero-order valence-corrected chi connectivity index (χ0v) is 15.4. The molecule has 5 heteroatoms. The van der Waals surface area contributed by atoms with Crippen LogP contribution in [-0.2, 0) is 13.1 Å². The van der Waals surface area contributed by atoms with Crippen LogP contribution in [0.4, 0.5) is 0 Å². The van der Waals surface area contributed by atoms with Gasteiger partial charge in [-0.1, -0.05) is 0 Å². The lowest BCUT2D eigenvalue weighted by Crippen LogP contribution is -3.06. The molecule has 2 aromatic carbocycles. The maximum Gasteiger partial charge on any atom is 0.336 e. The van der Waals surface area contributed by atoms with Crippen LogP contribution in [0.15, 0.2) is 57.7 Å². The maximum atomic E-state index is 11.9. The van der Waals surface area contributed by atoms with Crippen LogP contribution in [0.2, 0.25) is 0 Å². The fourth-order valence-corrected chi connectivity index (χ4v) is 3.09. The van der Waals surface area contributed by atoms with Crippen LogP contribution in [0.3, 0.4) is 0 Å². The Kier molecular flexibility index (Phi) is 5.58. The lowest BCUT2D eigenvalue weighted by atomic mass is 10.1. The number of fused-ring (bicyclic) bond motifs is 1. The smallest absolute Gasteiger partial charge is 0.336 e. The van der Waals surface area contributed by atoms with E-state index in [2.05, 4.69) is 19.2 Å². The first-order chi connectivity index (χ1) is 12.6. The number of ether oxygens (including phenoxy) is 2. The van der Waals surface area contributed by atoms with Crippen molar-refractivity contribution in [2.75, 3.05) is 20.8 Å². The van der Waals surface area contributed by atoms with E-state index in [-0.39, 0.29) is 5.63 Å². The van der Waals surface area contributed by atoms with Gasteiger partial charge in [0.1, 0.15) is 30.2 Å². The van der Waals surface area contributed by atoms with Crippen molar-refractivity contribution in [3.8, 4) is 11.5 Å². The average Bonchev–Trinajstić information content (AvgIpc) is 2.62. The van der Waals surface area contributed by atoms with E-state index in [0.29, 0.717) is 17.9 Å². The fraction of sp³-hybridized carbons (Fsp3) is 0.286. The van der Waals surface area contributed by atoms with Gasteiger partial charge in [0.15, 0.2) is 0 Å². The molecular weight excluding hydrogens is 330 g/mol. The van der Waals surface area contributed by atoms with Gasteiger partial charge in [0, 0.05) is 28.6 Å². The van der Waals surface area contributed by atoms with E-state index in [1.54, 1.807) is 19.2 Å². The average molecular weight is 354 g/mol. The van der Waals surface area contributed by atoms with E-state index in [9.17, 15) is 4.79 Å². The molecule has 26 heavy (non-hydrogen) atoms. The summed E-state index contributed by atoms with van der Waals surface area (Å²) in [6.07, 6.45) is 0. The van der Waals surface area contributed by atoms with Crippen molar-refractivity contribution in [3.63, 3.8) is 0 Å². The molecule has 0 saturated carbocycles. The summed E-state index contributed by atoms with van der Waals surface area (Å²) in [5.41, 5.74) is 2.41. The van der Waals surface area contributed by atoms with Crippen molar-refractivity contribution in [3.05, 3.63) is 70.1 Å². The molecule has 0 spiro atoms. The van der Waals surface area contributed by atoms with Crippen molar-refractivity contribution < 1.29 is 18.8 Å². The van der Waals surface area contributed by atoms with Gasteiger partial charge in [-0.05, 0) is 43.3 Å². The first kappa shape index (κ1) is 18.0. The number of rotatable bonds is 7. The quantitative estimate of drug-likeness (QED) is 0.662. The molecule has 0 radical (unpaired) electrons. The number of methoxy groups -OCH3 is 1. The predicted octanol–water partition coefficient (Wildman–Crippen LogP) is 2.42. The molecule has 0 aliphatic heterocycles. The minimum Gasteiger partial charge on any atom is -0.497 e. The molecule has 0 aliphatic carbocycles. The van der Waals surface area contributed by atoms with Crippen molar-refractivity contribution >= 4 is 11.0 Å². The molecule has 3 rings (SSSR count). The summed E-state index contributed by atoms with van der Waals surface area (Å²) in [6.45, 7) is 4.22. The topological polar surface area (TPSA) is 53.1 Å². The van der Waals surface area contributed by atoms with Crippen LogP contribution in [-0.4, -0.2) is 20.8 Å². The lowest BCUT2D eigenvalue weighted by molar-refractivity contribution is -0.907. The number of hydrogen-bond donors (Lipinski definition) is 1. The van der Waals surface area contributed by atoms with E-state index in [4.69, 9.17) is 13.9 Å². The van der Waals surface area contributed by atoms with Crippen molar-refractivity contribution in [2.24, 2.45) is 0 Å². The highest BCUT2D eigenvalue weighted by Gasteiger charge is 2.12. The summed E-state index contributed by atoms with van der Waals surface area (Å²) >= 11 is 0. The molecule has 1 unspecified atom stereocenters. The predicted molar refractivity (Wildman–Crippen MR) is 101 cm³/mol. The minimum atomic E-state index is -0.338. The Morgan fingerprint density at radius 3 is 2.42 bits per heavy atom. The van der Waals surface area contributed by atoms with Crippen LogP contribution in [0.25, 0.3) is 11.0 Å². The van der Waals surface area contributed by atoms with E-state index in [1.807, 2.05) is 31.2 Å². The molecule has 0 bridgehead atoms. The van der Waals surface area contributed by atoms with Crippen molar-refractivity contribution in [2.45, 2.75) is 20.0 Å². The third-order valence-corrected chi connectivity index (χ3v) is 4.27. The molecule has 5 nitrogen and oxygen atoms in total. The summed E-state index contributed by atoms with van der Waals surface area (Å²) in [7, 11) is 3.71. The number of quaternary nitrogens is 1. The van der Waals surface area contributed by atoms with E-state index in [0.717, 1.165) is 29.8 Å². The first-order valence-electron chi connectivity index (χ1n) is 8.73. The van der Waals surface area contributed by atoms with Gasteiger partial charge in [-0.15, -0.1) is 0 Å². The second-order valence-corrected chi connectivity index (χ2v) is 6.34.